The van der Waals surface area contributed by atoms with Gasteiger partial charge in [-0.1, -0.05) is 0 Å². The van der Waals surface area contributed by atoms with E-state index in [0.717, 1.165) is 23.1 Å². The summed E-state index contributed by atoms with van der Waals surface area (Å²) >= 11 is 0. The third kappa shape index (κ3) is 3.95. The molecule has 0 radical (unpaired) electrons. The minimum atomic E-state index is -1.29. The maximum Gasteiger partial charge on any atom is 0.323 e. The van der Waals surface area contributed by atoms with Gasteiger partial charge in [0.2, 0.25) is 0 Å². The molecule has 0 spiro atoms. The Morgan fingerprint density at radius 2 is 1.68 bits per heavy atom. The van der Waals surface area contributed by atoms with Crippen molar-refractivity contribution in [3.05, 3.63) is 29.6 Å². The first-order chi connectivity index (χ1) is 8.81. The Morgan fingerprint density at radius 3 is 2.11 bits per heavy atom. The number of aliphatic carboxylic acids is 2. The maximum absolute atomic E-state index is 13.0. The SMILES string of the molecule is NC(=O)c1cc(F)ccc1N(CC(=O)O)CC(=O)O. The molecule has 0 heterocycles. The third-order valence-corrected chi connectivity index (χ3v) is 2.22. The molecule has 1 rings (SSSR count). The minimum Gasteiger partial charge on any atom is -0.480 e. The highest BCUT2D eigenvalue weighted by molar-refractivity contribution is 5.99. The van der Waals surface area contributed by atoms with Crippen LogP contribution in [0.4, 0.5) is 10.1 Å². The molecule has 1 aromatic rings. The highest BCUT2D eigenvalue weighted by Gasteiger charge is 2.20. The fraction of sp³-hybridized carbons (Fsp3) is 0.182. The topological polar surface area (TPSA) is 121 Å². The molecular weight excluding hydrogens is 259 g/mol. The van der Waals surface area contributed by atoms with Crippen molar-refractivity contribution >= 4 is 23.5 Å². The van der Waals surface area contributed by atoms with E-state index in [4.69, 9.17) is 15.9 Å². The zero-order valence-electron chi connectivity index (χ0n) is 9.67. The van der Waals surface area contributed by atoms with Crippen molar-refractivity contribution in [2.24, 2.45) is 5.73 Å². The minimum absolute atomic E-state index is 0.0429. The van der Waals surface area contributed by atoms with E-state index < -0.39 is 36.8 Å². The van der Waals surface area contributed by atoms with Gasteiger partial charge in [-0.3, -0.25) is 14.4 Å². The number of anilines is 1. The highest BCUT2D eigenvalue weighted by Crippen LogP contribution is 2.21. The molecule has 0 aliphatic heterocycles. The van der Waals surface area contributed by atoms with Crippen LogP contribution in [-0.4, -0.2) is 41.1 Å². The number of rotatable bonds is 6. The Hall–Kier alpha value is -2.64. The number of carboxylic acid groups (broad SMARTS) is 2. The van der Waals surface area contributed by atoms with Gasteiger partial charge in [-0.05, 0) is 18.2 Å². The number of primary amides is 1. The zero-order valence-corrected chi connectivity index (χ0v) is 9.67. The molecular formula is C11H11FN2O5. The van der Waals surface area contributed by atoms with E-state index in [1.807, 2.05) is 0 Å². The smallest absolute Gasteiger partial charge is 0.323 e. The van der Waals surface area contributed by atoms with Crippen LogP contribution in [0.1, 0.15) is 10.4 Å². The van der Waals surface area contributed by atoms with Crippen LogP contribution in [0.3, 0.4) is 0 Å². The quantitative estimate of drug-likeness (QED) is 0.663. The van der Waals surface area contributed by atoms with E-state index in [1.165, 1.54) is 0 Å². The van der Waals surface area contributed by atoms with Gasteiger partial charge in [-0.2, -0.15) is 0 Å². The van der Waals surface area contributed by atoms with Crippen LogP contribution in [0, 0.1) is 5.82 Å². The molecule has 0 aromatic heterocycles. The Balaban J connectivity index is 3.24. The summed E-state index contributed by atoms with van der Waals surface area (Å²) in [5.41, 5.74) is 4.74. The van der Waals surface area contributed by atoms with Gasteiger partial charge in [0.25, 0.3) is 5.91 Å². The number of carbonyl (C=O) groups excluding carboxylic acids is 1. The summed E-state index contributed by atoms with van der Waals surface area (Å²) in [5, 5.41) is 17.4. The third-order valence-electron chi connectivity index (χ3n) is 2.22. The molecule has 1 amide bonds. The van der Waals surface area contributed by atoms with Crippen LogP contribution in [0.2, 0.25) is 0 Å². The van der Waals surface area contributed by atoms with E-state index in [2.05, 4.69) is 0 Å². The highest BCUT2D eigenvalue weighted by atomic mass is 19.1. The summed E-state index contributed by atoms with van der Waals surface area (Å²) in [4.78, 5) is 33.5. The molecule has 8 heteroatoms. The van der Waals surface area contributed by atoms with Crippen molar-refractivity contribution in [3.8, 4) is 0 Å². The molecule has 1 aromatic carbocycles. The number of hydrogen-bond donors (Lipinski definition) is 3. The molecule has 0 fully saturated rings. The molecule has 0 aliphatic carbocycles. The predicted molar refractivity (Wildman–Crippen MR) is 62.4 cm³/mol. The van der Waals surface area contributed by atoms with Crippen LogP contribution in [0.15, 0.2) is 18.2 Å². The van der Waals surface area contributed by atoms with Gasteiger partial charge in [0.1, 0.15) is 18.9 Å². The monoisotopic (exact) mass is 270 g/mol. The van der Waals surface area contributed by atoms with Gasteiger partial charge >= 0.3 is 11.9 Å². The second kappa shape index (κ2) is 5.80. The van der Waals surface area contributed by atoms with Gasteiger partial charge in [0.05, 0.1) is 11.3 Å². The van der Waals surface area contributed by atoms with Crippen molar-refractivity contribution in [1.29, 1.82) is 0 Å². The van der Waals surface area contributed by atoms with Gasteiger partial charge in [-0.25, -0.2) is 4.39 Å². The fourth-order valence-corrected chi connectivity index (χ4v) is 1.53. The van der Waals surface area contributed by atoms with Crippen molar-refractivity contribution in [2.75, 3.05) is 18.0 Å². The number of benzene rings is 1. The predicted octanol–water partition coefficient (Wildman–Crippen LogP) is -0.0998. The van der Waals surface area contributed by atoms with E-state index in [0.29, 0.717) is 0 Å². The largest absolute Gasteiger partial charge is 0.480 e. The van der Waals surface area contributed by atoms with E-state index >= 15 is 0 Å². The van der Waals surface area contributed by atoms with Crippen molar-refractivity contribution < 1.29 is 29.0 Å². The van der Waals surface area contributed by atoms with Crippen molar-refractivity contribution in [1.82, 2.24) is 0 Å². The number of amides is 1. The molecule has 4 N–H and O–H groups in total. The maximum atomic E-state index is 13.0. The van der Waals surface area contributed by atoms with Crippen LogP contribution in [0.5, 0.6) is 0 Å². The number of hydrogen-bond acceptors (Lipinski definition) is 4. The van der Waals surface area contributed by atoms with Crippen molar-refractivity contribution in [2.45, 2.75) is 0 Å². The second-order valence-electron chi connectivity index (χ2n) is 3.67. The van der Waals surface area contributed by atoms with E-state index in [-0.39, 0.29) is 11.3 Å². The Labute approximate surface area is 107 Å². The van der Waals surface area contributed by atoms with Gasteiger partial charge in [0.15, 0.2) is 0 Å². The van der Waals surface area contributed by atoms with Crippen LogP contribution < -0.4 is 10.6 Å². The number of halogens is 1. The molecule has 0 saturated carbocycles. The molecule has 0 saturated heterocycles. The molecule has 0 atom stereocenters. The molecule has 102 valence electrons. The summed E-state index contributed by atoms with van der Waals surface area (Å²) in [6.07, 6.45) is 0. The van der Waals surface area contributed by atoms with Crippen LogP contribution >= 0.6 is 0 Å². The first-order valence-electron chi connectivity index (χ1n) is 5.09. The molecule has 0 aliphatic rings. The summed E-state index contributed by atoms with van der Waals surface area (Å²) < 4.78 is 13.0. The first-order valence-corrected chi connectivity index (χ1v) is 5.09. The Kier molecular flexibility index (Phi) is 4.41. The lowest BCUT2D eigenvalue weighted by atomic mass is 10.1. The van der Waals surface area contributed by atoms with Gasteiger partial charge < -0.3 is 20.8 Å². The number of carboxylic acids is 2. The molecule has 0 unspecified atom stereocenters. The lowest BCUT2D eigenvalue weighted by Gasteiger charge is -2.22. The molecule has 19 heavy (non-hydrogen) atoms. The summed E-state index contributed by atoms with van der Waals surface area (Å²) in [6, 6.07) is 2.92. The lowest BCUT2D eigenvalue weighted by molar-refractivity contribution is -0.136. The van der Waals surface area contributed by atoms with Crippen LogP contribution in [0.25, 0.3) is 0 Å². The average Bonchev–Trinajstić information content (AvgIpc) is 2.26. The Morgan fingerprint density at radius 1 is 1.16 bits per heavy atom. The summed E-state index contributed by atoms with van der Waals surface area (Å²) in [7, 11) is 0. The standard InChI is InChI=1S/C11H11FN2O5/c12-6-1-2-8(7(3-6)11(13)19)14(4-9(15)16)5-10(17)18/h1-3H,4-5H2,(H2,13,19)(H,15,16)(H,17,18). The fourth-order valence-electron chi connectivity index (χ4n) is 1.53. The van der Waals surface area contributed by atoms with Gasteiger partial charge in [-0.15, -0.1) is 0 Å². The molecule has 7 nitrogen and oxygen atoms in total. The van der Waals surface area contributed by atoms with E-state index in [9.17, 15) is 18.8 Å². The number of carbonyl (C=O) groups is 3. The average molecular weight is 270 g/mol. The Bertz CT molecular complexity index is 516. The zero-order chi connectivity index (χ0) is 14.6. The van der Waals surface area contributed by atoms with E-state index in [1.54, 1.807) is 0 Å². The lowest BCUT2D eigenvalue weighted by Crippen LogP contribution is -2.36. The summed E-state index contributed by atoms with van der Waals surface area (Å²) in [5.74, 6) is -4.29. The number of nitrogens with two attached hydrogens (primary N) is 1. The van der Waals surface area contributed by atoms with Crippen molar-refractivity contribution in [3.63, 3.8) is 0 Å². The molecule has 0 bridgehead atoms. The number of nitrogens with zero attached hydrogens (tertiary/aromatic N) is 1. The first kappa shape index (κ1) is 14.4. The van der Waals surface area contributed by atoms with Gasteiger partial charge in [0, 0.05) is 0 Å². The normalized spacial score (nSPS) is 9.95. The summed E-state index contributed by atoms with van der Waals surface area (Å²) in [6.45, 7) is -1.31. The second-order valence-corrected chi connectivity index (χ2v) is 3.67. The van der Waals surface area contributed by atoms with Crippen LogP contribution in [-0.2, 0) is 9.59 Å².